The lowest BCUT2D eigenvalue weighted by Crippen LogP contribution is -2.17. The molecule has 0 fully saturated rings. The molecule has 4 aromatic rings. The van der Waals surface area contributed by atoms with Gasteiger partial charge in [0.2, 0.25) is 5.91 Å². The van der Waals surface area contributed by atoms with Crippen molar-refractivity contribution in [2.75, 3.05) is 33.1 Å². The average molecular weight is 614 g/mol. The fraction of sp³-hybridized carbons (Fsp3) is 0.206. The zero-order valence-corrected chi connectivity index (χ0v) is 26.0. The highest BCUT2D eigenvalue weighted by Crippen LogP contribution is 2.42. The monoisotopic (exact) mass is 613 g/mol. The molecule has 1 unspecified atom stereocenters. The van der Waals surface area contributed by atoms with Gasteiger partial charge in [0.15, 0.2) is 0 Å². The highest BCUT2D eigenvalue weighted by atomic mass is 32.2. The number of pyridine rings is 1. The number of ether oxygens (including phenoxy) is 1. The van der Waals surface area contributed by atoms with E-state index in [-0.39, 0.29) is 16.6 Å². The van der Waals surface area contributed by atoms with Crippen LogP contribution in [0, 0.1) is 19.7 Å². The first kappa shape index (κ1) is 30.8. The Kier molecular flexibility index (Phi) is 8.75. The molecule has 1 N–H and O–H groups in total. The molecule has 10 heteroatoms. The van der Waals surface area contributed by atoms with Gasteiger partial charge >= 0.3 is 15.8 Å². The van der Waals surface area contributed by atoms with E-state index in [0.717, 1.165) is 11.1 Å². The predicted molar refractivity (Wildman–Crippen MR) is 170 cm³/mol. The number of amides is 1. The van der Waals surface area contributed by atoms with Crippen LogP contribution in [-0.4, -0.2) is 62.2 Å². The number of aromatic nitrogens is 1. The van der Waals surface area contributed by atoms with E-state index in [9.17, 15) is 17.6 Å². The molecule has 1 aliphatic rings. The number of fused-ring (bicyclic) bond motifs is 1. The Bertz CT molecular complexity index is 1900. The van der Waals surface area contributed by atoms with Crippen LogP contribution in [0.25, 0.3) is 11.1 Å². The molecular formula is C34H34FN4O4S+. The van der Waals surface area contributed by atoms with Gasteiger partial charge < -0.3 is 15.0 Å². The SMILES string of the molecule is COc1cc(F)c(C)cc1C1C=[N+](S(=O)(=O)c2ccc(C)cc2)c2ncc(-c3cccc(NC(=O)/C=C/CN(C)C)c3)cc21. The summed E-state index contributed by atoms with van der Waals surface area (Å²) in [5.74, 6) is -0.723. The summed E-state index contributed by atoms with van der Waals surface area (Å²) < 4.78 is 49.0. The first-order valence-electron chi connectivity index (χ1n) is 14.0. The number of carbonyl (C=O) groups excluding carboxylic acids is 1. The van der Waals surface area contributed by atoms with E-state index in [1.807, 2.05) is 50.2 Å². The highest BCUT2D eigenvalue weighted by Gasteiger charge is 2.41. The maximum absolute atomic E-state index is 14.5. The molecule has 1 amide bonds. The Hall–Kier alpha value is -4.67. The number of rotatable bonds is 9. The Morgan fingerprint density at radius 2 is 1.80 bits per heavy atom. The second kappa shape index (κ2) is 12.5. The van der Waals surface area contributed by atoms with Crippen molar-refractivity contribution in [2.45, 2.75) is 24.7 Å². The number of hydrogen-bond donors (Lipinski definition) is 1. The van der Waals surface area contributed by atoms with Gasteiger partial charge in [-0.05, 0) is 80.5 Å². The topological polar surface area (TPSA) is 91.6 Å². The van der Waals surface area contributed by atoms with Crippen molar-refractivity contribution in [3.05, 3.63) is 113 Å². The fourth-order valence-corrected chi connectivity index (χ4v) is 6.40. The van der Waals surface area contributed by atoms with Gasteiger partial charge in [-0.2, -0.15) is 8.42 Å². The van der Waals surface area contributed by atoms with Crippen LogP contribution >= 0.6 is 0 Å². The number of anilines is 1. The van der Waals surface area contributed by atoms with Gasteiger partial charge in [-0.3, -0.25) is 4.79 Å². The quantitative estimate of drug-likeness (QED) is 0.189. The normalized spacial score (nSPS) is 14.5. The van der Waals surface area contributed by atoms with Crippen LogP contribution < -0.4 is 10.1 Å². The fourth-order valence-electron chi connectivity index (χ4n) is 5.03. The number of aryl methyl sites for hydroxylation is 2. The minimum absolute atomic E-state index is 0.127. The van der Waals surface area contributed by atoms with Crippen LogP contribution in [0.2, 0.25) is 0 Å². The van der Waals surface area contributed by atoms with E-state index < -0.39 is 21.8 Å². The average Bonchev–Trinajstić information content (AvgIpc) is 3.38. The van der Waals surface area contributed by atoms with Crippen LogP contribution in [0.4, 0.5) is 15.9 Å². The van der Waals surface area contributed by atoms with E-state index in [2.05, 4.69) is 10.3 Å². The van der Waals surface area contributed by atoms with Gasteiger partial charge in [0.1, 0.15) is 22.7 Å². The van der Waals surface area contributed by atoms with Crippen molar-refractivity contribution < 1.29 is 26.3 Å². The Morgan fingerprint density at radius 1 is 1.05 bits per heavy atom. The largest absolute Gasteiger partial charge is 0.496 e. The molecule has 2 heterocycles. The number of halogens is 1. The molecule has 44 heavy (non-hydrogen) atoms. The van der Waals surface area contributed by atoms with Gasteiger partial charge in [-0.1, -0.05) is 35.9 Å². The second-order valence-electron chi connectivity index (χ2n) is 11.0. The molecule has 0 radical (unpaired) electrons. The van der Waals surface area contributed by atoms with Gasteiger partial charge in [0.25, 0.3) is 0 Å². The third kappa shape index (κ3) is 6.31. The molecule has 3 aromatic carbocycles. The maximum Gasteiger partial charge on any atom is 0.342 e. The lowest BCUT2D eigenvalue weighted by Gasteiger charge is -2.14. The summed E-state index contributed by atoms with van der Waals surface area (Å²) in [7, 11) is 1.28. The molecule has 1 aromatic heterocycles. The van der Waals surface area contributed by atoms with E-state index in [4.69, 9.17) is 4.74 Å². The van der Waals surface area contributed by atoms with Crippen molar-refractivity contribution in [1.82, 2.24) is 9.88 Å². The molecule has 0 spiro atoms. The molecule has 0 aliphatic carbocycles. The number of hydrogen-bond acceptors (Lipinski definition) is 6. The summed E-state index contributed by atoms with van der Waals surface area (Å²) in [5.41, 5.74) is 4.66. The van der Waals surface area contributed by atoms with Gasteiger partial charge in [0, 0.05) is 35.5 Å². The van der Waals surface area contributed by atoms with E-state index >= 15 is 0 Å². The smallest absolute Gasteiger partial charge is 0.342 e. The van der Waals surface area contributed by atoms with Gasteiger partial charge in [0.05, 0.1) is 24.8 Å². The first-order valence-corrected chi connectivity index (χ1v) is 15.4. The third-order valence-corrected chi connectivity index (χ3v) is 9.03. The number of carbonyl (C=O) groups is 1. The lowest BCUT2D eigenvalue weighted by atomic mass is 9.91. The predicted octanol–water partition coefficient (Wildman–Crippen LogP) is 5.82. The summed E-state index contributed by atoms with van der Waals surface area (Å²) in [4.78, 5) is 19.2. The number of nitrogens with zero attached hydrogens (tertiary/aromatic N) is 3. The third-order valence-electron chi connectivity index (χ3n) is 7.35. The molecular weight excluding hydrogens is 579 g/mol. The summed E-state index contributed by atoms with van der Waals surface area (Å²) in [6.45, 7) is 4.18. The van der Waals surface area contributed by atoms with E-state index in [1.165, 1.54) is 23.2 Å². The number of benzene rings is 3. The molecule has 0 bridgehead atoms. The van der Waals surface area contributed by atoms with Crippen molar-refractivity contribution >= 4 is 33.7 Å². The maximum atomic E-state index is 14.5. The molecule has 1 aliphatic heterocycles. The van der Waals surface area contributed by atoms with Crippen LogP contribution in [0.1, 0.15) is 28.2 Å². The molecule has 8 nitrogen and oxygen atoms in total. The van der Waals surface area contributed by atoms with Crippen molar-refractivity contribution in [3.8, 4) is 16.9 Å². The minimum atomic E-state index is -4.02. The summed E-state index contributed by atoms with van der Waals surface area (Å²) in [6, 6.07) is 18.8. The summed E-state index contributed by atoms with van der Waals surface area (Å²) >= 11 is 0. The van der Waals surface area contributed by atoms with Crippen molar-refractivity contribution in [3.63, 3.8) is 0 Å². The zero-order chi connectivity index (χ0) is 31.6. The van der Waals surface area contributed by atoms with Crippen molar-refractivity contribution in [2.24, 2.45) is 0 Å². The number of methoxy groups -OCH3 is 1. The minimum Gasteiger partial charge on any atom is -0.496 e. The Labute approximate surface area is 257 Å². The van der Waals surface area contributed by atoms with E-state index in [0.29, 0.717) is 40.2 Å². The molecule has 1 atom stereocenters. The summed E-state index contributed by atoms with van der Waals surface area (Å²) in [6.07, 6.45) is 6.47. The summed E-state index contributed by atoms with van der Waals surface area (Å²) in [5, 5.41) is 2.88. The Balaban J connectivity index is 1.59. The molecule has 0 saturated heterocycles. The molecule has 226 valence electrons. The van der Waals surface area contributed by atoms with Crippen LogP contribution in [0.3, 0.4) is 0 Å². The number of sulfonamides is 1. The second-order valence-corrected chi connectivity index (χ2v) is 12.8. The molecule has 5 rings (SSSR count). The zero-order valence-electron chi connectivity index (χ0n) is 25.2. The van der Waals surface area contributed by atoms with Crippen LogP contribution in [0.15, 0.2) is 90.0 Å². The van der Waals surface area contributed by atoms with Crippen molar-refractivity contribution in [1.29, 1.82) is 0 Å². The van der Waals surface area contributed by atoms with Crippen LogP contribution in [0.5, 0.6) is 5.75 Å². The number of likely N-dealkylation sites (N-methyl/N-ethyl adjacent to an activating group) is 1. The first-order chi connectivity index (χ1) is 21.0. The van der Waals surface area contributed by atoms with Gasteiger partial charge in [-0.15, -0.1) is 3.98 Å². The highest BCUT2D eigenvalue weighted by molar-refractivity contribution is 7.85. The van der Waals surface area contributed by atoms with Crippen LogP contribution in [-0.2, 0) is 14.8 Å². The van der Waals surface area contributed by atoms with Gasteiger partial charge in [-0.25, -0.2) is 4.39 Å². The Morgan fingerprint density at radius 3 is 2.50 bits per heavy atom. The lowest BCUT2D eigenvalue weighted by molar-refractivity contribution is -0.257. The van der Waals surface area contributed by atoms with E-state index in [1.54, 1.807) is 61.8 Å². The standard InChI is InChI=1S/C34H33FN4O4S/c1-22-11-13-27(14-12-22)44(41,42)39-21-30(28-16-23(2)31(35)19-32(28)43-5)29-18-25(20-36-34(29)39)24-8-6-9-26(17-24)37-33(40)10-7-15-38(3)4/h6-14,16-21,30H,15H2,1-5H3/p+1/b10-7+. The number of nitrogens with one attached hydrogen (secondary N) is 1. The molecule has 0 saturated carbocycles.